The molecule has 0 aliphatic heterocycles. The zero-order valence-corrected chi connectivity index (χ0v) is 10.7. The molecule has 0 unspecified atom stereocenters. The number of hydrogen-bond acceptors (Lipinski definition) is 5. The van der Waals surface area contributed by atoms with Gasteiger partial charge in [0.05, 0.1) is 12.2 Å². The molecule has 0 aliphatic carbocycles. The van der Waals surface area contributed by atoms with Crippen molar-refractivity contribution in [3.05, 3.63) is 24.3 Å². The van der Waals surface area contributed by atoms with Crippen LogP contribution in [-0.4, -0.2) is 29.9 Å². The van der Waals surface area contributed by atoms with Gasteiger partial charge in [-0.05, 0) is 38.1 Å². The molecule has 5 heteroatoms. The molecule has 0 radical (unpaired) electrons. The summed E-state index contributed by atoms with van der Waals surface area (Å²) in [6.45, 7) is 3.33. The summed E-state index contributed by atoms with van der Waals surface area (Å²) in [6.07, 6.45) is 0.389. The number of carbonyl (C=O) groups excluding carboxylic acids is 1. The number of hydrogen-bond donors (Lipinski definition) is 2. The highest BCUT2D eigenvalue weighted by molar-refractivity contribution is 5.71. The Labute approximate surface area is 107 Å². The minimum Gasteiger partial charge on any atom is -0.482 e. The van der Waals surface area contributed by atoms with Crippen molar-refractivity contribution in [3.63, 3.8) is 0 Å². The van der Waals surface area contributed by atoms with Gasteiger partial charge in [0.25, 0.3) is 0 Å². The van der Waals surface area contributed by atoms with E-state index in [2.05, 4.69) is 0 Å². The first kappa shape index (κ1) is 14.3. The van der Waals surface area contributed by atoms with E-state index >= 15 is 0 Å². The second-order valence-electron chi connectivity index (χ2n) is 4.64. The zero-order chi connectivity index (χ0) is 13.6. The third-order valence-electron chi connectivity index (χ3n) is 2.21. The van der Waals surface area contributed by atoms with Crippen LogP contribution in [0, 0.1) is 0 Å². The van der Waals surface area contributed by atoms with Crippen LogP contribution >= 0.6 is 0 Å². The van der Waals surface area contributed by atoms with Crippen molar-refractivity contribution in [2.45, 2.75) is 25.9 Å². The Bertz CT molecular complexity index is 381. The summed E-state index contributed by atoms with van der Waals surface area (Å²) in [4.78, 5) is 11.3. The molecule has 0 bridgehead atoms. The predicted molar refractivity (Wildman–Crippen MR) is 68.2 cm³/mol. The highest BCUT2D eigenvalue weighted by Gasteiger charge is 2.13. The maximum absolute atomic E-state index is 11.3. The van der Waals surface area contributed by atoms with E-state index in [-0.39, 0.29) is 13.2 Å². The second-order valence-corrected chi connectivity index (χ2v) is 4.64. The average Bonchev–Trinajstić information content (AvgIpc) is 2.26. The Kier molecular flexibility index (Phi) is 4.97. The van der Waals surface area contributed by atoms with Crippen molar-refractivity contribution in [2.24, 2.45) is 0 Å². The number of benzene rings is 1. The van der Waals surface area contributed by atoms with Gasteiger partial charge in [-0.15, -0.1) is 0 Å². The Morgan fingerprint density at radius 3 is 2.50 bits per heavy atom. The van der Waals surface area contributed by atoms with Crippen molar-refractivity contribution in [1.82, 2.24) is 0 Å². The number of nitrogen functional groups attached to an aromatic ring is 1. The Balaban J connectivity index is 2.23. The molecular weight excluding hydrogens is 234 g/mol. The van der Waals surface area contributed by atoms with Crippen molar-refractivity contribution < 1.29 is 19.4 Å². The van der Waals surface area contributed by atoms with Gasteiger partial charge in [-0.2, -0.15) is 0 Å². The van der Waals surface area contributed by atoms with Crippen LogP contribution in [0.3, 0.4) is 0 Å². The van der Waals surface area contributed by atoms with Crippen LogP contribution in [0.4, 0.5) is 5.69 Å². The van der Waals surface area contributed by atoms with Gasteiger partial charge >= 0.3 is 5.97 Å². The van der Waals surface area contributed by atoms with Crippen LogP contribution < -0.4 is 10.5 Å². The van der Waals surface area contributed by atoms with E-state index in [1.165, 1.54) is 0 Å². The second kappa shape index (κ2) is 6.26. The number of anilines is 1. The number of carbonyl (C=O) groups is 1. The summed E-state index contributed by atoms with van der Waals surface area (Å²) in [5.41, 5.74) is 5.32. The minimum absolute atomic E-state index is 0.157. The van der Waals surface area contributed by atoms with Gasteiger partial charge in [0.2, 0.25) is 0 Å². The van der Waals surface area contributed by atoms with Crippen LogP contribution in [0.25, 0.3) is 0 Å². The normalized spacial score (nSPS) is 11.1. The molecule has 0 saturated carbocycles. The van der Waals surface area contributed by atoms with Crippen molar-refractivity contribution in [1.29, 1.82) is 0 Å². The quantitative estimate of drug-likeness (QED) is 0.590. The highest BCUT2D eigenvalue weighted by Crippen LogP contribution is 2.13. The number of ether oxygens (including phenoxy) is 2. The maximum atomic E-state index is 11.3. The molecule has 0 aliphatic rings. The van der Waals surface area contributed by atoms with Crippen molar-refractivity contribution in [3.8, 4) is 5.75 Å². The molecule has 0 heterocycles. The van der Waals surface area contributed by atoms with Gasteiger partial charge < -0.3 is 20.3 Å². The summed E-state index contributed by atoms with van der Waals surface area (Å²) < 4.78 is 10.1. The average molecular weight is 253 g/mol. The first-order valence-electron chi connectivity index (χ1n) is 5.73. The molecule has 0 aromatic heterocycles. The Morgan fingerprint density at radius 1 is 1.33 bits per heavy atom. The van der Waals surface area contributed by atoms with Crippen LogP contribution in [0.1, 0.15) is 20.3 Å². The fourth-order valence-corrected chi connectivity index (χ4v) is 1.16. The molecule has 0 fully saturated rings. The van der Waals surface area contributed by atoms with E-state index in [0.29, 0.717) is 17.9 Å². The van der Waals surface area contributed by atoms with Crippen LogP contribution in [0.15, 0.2) is 24.3 Å². The molecule has 0 atom stereocenters. The number of rotatable bonds is 6. The molecular formula is C13H19NO4. The smallest absolute Gasteiger partial charge is 0.344 e. The molecule has 5 nitrogen and oxygen atoms in total. The number of aliphatic hydroxyl groups is 1. The lowest BCUT2D eigenvalue weighted by Crippen LogP contribution is -2.23. The zero-order valence-electron chi connectivity index (χ0n) is 10.7. The van der Waals surface area contributed by atoms with E-state index in [1.807, 2.05) is 0 Å². The first-order valence-corrected chi connectivity index (χ1v) is 5.73. The fourth-order valence-electron chi connectivity index (χ4n) is 1.16. The summed E-state index contributed by atoms with van der Waals surface area (Å²) >= 11 is 0. The van der Waals surface area contributed by atoms with E-state index < -0.39 is 11.6 Å². The molecule has 0 amide bonds. The SMILES string of the molecule is CC(C)(O)CCOC(=O)COc1ccc(N)cc1. The van der Waals surface area contributed by atoms with Gasteiger partial charge in [0.1, 0.15) is 5.75 Å². The molecule has 3 N–H and O–H groups in total. The Hall–Kier alpha value is -1.75. The molecule has 1 aromatic carbocycles. The van der Waals surface area contributed by atoms with Gasteiger partial charge in [-0.1, -0.05) is 0 Å². The third-order valence-corrected chi connectivity index (χ3v) is 2.21. The molecule has 1 aromatic rings. The molecule has 1 rings (SSSR count). The lowest BCUT2D eigenvalue weighted by Gasteiger charge is -2.16. The predicted octanol–water partition coefficient (Wildman–Crippen LogP) is 1.35. The van der Waals surface area contributed by atoms with Crippen LogP contribution in [0.5, 0.6) is 5.75 Å². The van der Waals surface area contributed by atoms with E-state index in [4.69, 9.17) is 15.2 Å². The van der Waals surface area contributed by atoms with Gasteiger partial charge in [0.15, 0.2) is 6.61 Å². The monoisotopic (exact) mass is 253 g/mol. The summed E-state index contributed by atoms with van der Waals surface area (Å²) in [7, 11) is 0. The van der Waals surface area contributed by atoms with Crippen molar-refractivity contribution in [2.75, 3.05) is 18.9 Å². The topological polar surface area (TPSA) is 81.8 Å². The Morgan fingerprint density at radius 2 is 1.94 bits per heavy atom. The minimum atomic E-state index is -0.835. The van der Waals surface area contributed by atoms with Gasteiger partial charge in [0, 0.05) is 12.1 Å². The largest absolute Gasteiger partial charge is 0.482 e. The van der Waals surface area contributed by atoms with E-state index in [0.717, 1.165) is 0 Å². The highest BCUT2D eigenvalue weighted by atomic mass is 16.6. The number of nitrogens with two attached hydrogens (primary N) is 1. The third kappa shape index (κ3) is 6.10. The molecule has 100 valence electrons. The lowest BCUT2D eigenvalue weighted by molar-refractivity contribution is -0.147. The first-order chi connectivity index (χ1) is 8.37. The van der Waals surface area contributed by atoms with Gasteiger partial charge in [-0.3, -0.25) is 0 Å². The van der Waals surface area contributed by atoms with E-state index in [9.17, 15) is 9.90 Å². The molecule has 0 saturated heterocycles. The maximum Gasteiger partial charge on any atom is 0.344 e. The van der Waals surface area contributed by atoms with Crippen LogP contribution in [-0.2, 0) is 9.53 Å². The van der Waals surface area contributed by atoms with Gasteiger partial charge in [-0.25, -0.2) is 4.79 Å². The summed E-state index contributed by atoms with van der Waals surface area (Å²) in [6, 6.07) is 6.74. The lowest BCUT2D eigenvalue weighted by atomic mass is 10.1. The van der Waals surface area contributed by atoms with Crippen LogP contribution in [0.2, 0.25) is 0 Å². The summed E-state index contributed by atoms with van der Waals surface area (Å²) in [5.74, 6) is 0.0970. The molecule has 0 spiro atoms. The standard InChI is InChI=1S/C13H19NO4/c1-13(2,16)7-8-17-12(15)9-18-11-5-3-10(14)4-6-11/h3-6,16H,7-9,14H2,1-2H3. The van der Waals surface area contributed by atoms with E-state index in [1.54, 1.807) is 38.1 Å². The fraction of sp³-hybridized carbons (Fsp3) is 0.462. The van der Waals surface area contributed by atoms with Crippen molar-refractivity contribution >= 4 is 11.7 Å². The molecule has 18 heavy (non-hydrogen) atoms. The number of esters is 1. The summed E-state index contributed by atoms with van der Waals surface area (Å²) in [5, 5.41) is 9.43.